The minimum atomic E-state index is -0.858. The molecule has 0 saturated carbocycles. The Morgan fingerprint density at radius 3 is 2.57 bits per heavy atom. The van der Waals surface area contributed by atoms with Crippen LogP contribution in [0.2, 0.25) is 0 Å². The third kappa shape index (κ3) is 3.73. The highest BCUT2D eigenvalue weighted by molar-refractivity contribution is 5.87. The Bertz CT molecular complexity index is 637. The van der Waals surface area contributed by atoms with Gasteiger partial charge in [-0.2, -0.15) is 0 Å². The maximum atomic E-state index is 11.3. The van der Waals surface area contributed by atoms with E-state index < -0.39 is 12.0 Å². The highest BCUT2D eigenvalue weighted by Gasteiger charge is 2.19. The maximum absolute atomic E-state index is 11.3. The molecule has 0 bridgehead atoms. The van der Waals surface area contributed by atoms with Crippen molar-refractivity contribution in [2.24, 2.45) is 5.92 Å². The molecule has 3 N–H and O–H groups in total. The molecule has 2 aromatic rings. The molecular weight excluding hydrogens is 266 g/mol. The molecule has 4 nitrogen and oxygen atoms in total. The monoisotopic (exact) mass is 287 g/mol. The smallest absolute Gasteiger partial charge is 0.320 e. The van der Waals surface area contributed by atoms with Crippen LogP contribution in [0.1, 0.15) is 25.8 Å². The lowest BCUT2D eigenvalue weighted by atomic mass is 10.0. The van der Waals surface area contributed by atoms with E-state index in [0.717, 1.165) is 16.3 Å². The number of carbonyl (C=O) groups is 1. The van der Waals surface area contributed by atoms with Crippen LogP contribution in [-0.4, -0.2) is 22.2 Å². The van der Waals surface area contributed by atoms with Crippen LogP contribution in [0.15, 0.2) is 36.4 Å². The molecule has 0 aliphatic carbocycles. The summed E-state index contributed by atoms with van der Waals surface area (Å²) < 4.78 is 0. The van der Waals surface area contributed by atoms with E-state index in [-0.39, 0.29) is 5.75 Å². The molecule has 1 unspecified atom stereocenters. The average Bonchev–Trinajstić information content (AvgIpc) is 2.44. The lowest BCUT2D eigenvalue weighted by Crippen LogP contribution is -2.37. The summed E-state index contributed by atoms with van der Waals surface area (Å²) in [6, 6.07) is 10.7. The second-order valence-corrected chi connectivity index (χ2v) is 5.69. The van der Waals surface area contributed by atoms with Crippen molar-refractivity contribution >= 4 is 16.7 Å². The van der Waals surface area contributed by atoms with Crippen LogP contribution in [0.3, 0.4) is 0 Å². The van der Waals surface area contributed by atoms with Gasteiger partial charge in [0.15, 0.2) is 0 Å². The van der Waals surface area contributed by atoms with Crippen LogP contribution in [0.5, 0.6) is 5.75 Å². The molecule has 0 spiro atoms. The van der Waals surface area contributed by atoms with Crippen LogP contribution in [0.25, 0.3) is 10.8 Å². The van der Waals surface area contributed by atoms with Crippen LogP contribution in [0.4, 0.5) is 0 Å². The summed E-state index contributed by atoms with van der Waals surface area (Å²) >= 11 is 0. The normalized spacial score (nSPS) is 12.7. The number of hydrogen-bond donors (Lipinski definition) is 3. The van der Waals surface area contributed by atoms with Crippen LogP contribution in [-0.2, 0) is 11.3 Å². The van der Waals surface area contributed by atoms with Gasteiger partial charge < -0.3 is 15.5 Å². The van der Waals surface area contributed by atoms with E-state index in [4.69, 9.17) is 0 Å². The number of hydrogen-bond acceptors (Lipinski definition) is 3. The van der Waals surface area contributed by atoms with Crippen LogP contribution >= 0.6 is 0 Å². The molecule has 4 heteroatoms. The summed E-state index contributed by atoms with van der Waals surface area (Å²) in [6.45, 7) is 4.32. The predicted molar refractivity (Wildman–Crippen MR) is 83.3 cm³/mol. The Hall–Kier alpha value is -2.07. The summed E-state index contributed by atoms with van der Waals surface area (Å²) in [5, 5.41) is 24.3. The first kappa shape index (κ1) is 15.3. The Balaban J connectivity index is 2.23. The lowest BCUT2D eigenvalue weighted by molar-refractivity contribution is -0.140. The largest absolute Gasteiger partial charge is 0.508 e. The Kier molecular flexibility index (Phi) is 4.81. The van der Waals surface area contributed by atoms with E-state index in [1.54, 1.807) is 6.07 Å². The number of carboxylic acid groups (broad SMARTS) is 1. The number of phenolic OH excluding ortho intramolecular Hbond substituents is 1. The van der Waals surface area contributed by atoms with Gasteiger partial charge in [-0.1, -0.05) is 44.2 Å². The molecule has 0 fully saturated rings. The summed E-state index contributed by atoms with van der Waals surface area (Å²) in [4.78, 5) is 11.3. The van der Waals surface area contributed by atoms with E-state index in [1.165, 1.54) is 0 Å². The third-order valence-electron chi connectivity index (χ3n) is 3.55. The standard InChI is InChI=1S/C17H21NO3/c1-11(2)9-15(17(20)21)18-10-14-13-6-4-3-5-12(13)7-8-16(14)19/h3-8,11,15,18-19H,9-10H2,1-2H3,(H,20,21). The summed E-state index contributed by atoms with van der Waals surface area (Å²) in [5.74, 6) is -0.377. The van der Waals surface area contributed by atoms with Gasteiger partial charge in [0.2, 0.25) is 0 Å². The number of benzene rings is 2. The van der Waals surface area contributed by atoms with Crippen LogP contribution < -0.4 is 5.32 Å². The minimum absolute atomic E-state index is 0.190. The lowest BCUT2D eigenvalue weighted by Gasteiger charge is -2.17. The van der Waals surface area contributed by atoms with Gasteiger partial charge in [0.25, 0.3) is 0 Å². The van der Waals surface area contributed by atoms with Gasteiger partial charge in [0, 0.05) is 12.1 Å². The average molecular weight is 287 g/mol. The molecule has 112 valence electrons. The number of carboxylic acids is 1. The van der Waals surface area contributed by atoms with Crippen molar-refractivity contribution in [2.45, 2.75) is 32.9 Å². The molecule has 0 radical (unpaired) electrons. The summed E-state index contributed by atoms with van der Waals surface area (Å²) in [5.41, 5.74) is 0.739. The van der Waals surface area contributed by atoms with Gasteiger partial charge in [-0.25, -0.2) is 0 Å². The fourth-order valence-electron chi connectivity index (χ4n) is 2.48. The molecule has 0 aliphatic rings. The highest BCUT2D eigenvalue weighted by Crippen LogP contribution is 2.27. The van der Waals surface area contributed by atoms with Gasteiger partial charge in [0.05, 0.1) is 0 Å². The van der Waals surface area contributed by atoms with E-state index in [2.05, 4.69) is 5.32 Å². The molecule has 1 atom stereocenters. The molecule has 2 rings (SSSR count). The van der Waals surface area contributed by atoms with Crippen molar-refractivity contribution in [1.29, 1.82) is 0 Å². The molecule has 0 saturated heterocycles. The predicted octanol–water partition coefficient (Wildman–Crippen LogP) is 3.13. The van der Waals surface area contributed by atoms with Gasteiger partial charge in [0.1, 0.15) is 11.8 Å². The molecule has 0 aliphatic heterocycles. The third-order valence-corrected chi connectivity index (χ3v) is 3.55. The Morgan fingerprint density at radius 1 is 1.19 bits per heavy atom. The Morgan fingerprint density at radius 2 is 1.90 bits per heavy atom. The van der Waals surface area contributed by atoms with Crippen LogP contribution in [0, 0.1) is 5.92 Å². The molecule has 2 aromatic carbocycles. The van der Waals surface area contributed by atoms with Crippen molar-refractivity contribution in [3.63, 3.8) is 0 Å². The van der Waals surface area contributed by atoms with Crippen molar-refractivity contribution in [1.82, 2.24) is 5.32 Å². The maximum Gasteiger partial charge on any atom is 0.320 e. The SMILES string of the molecule is CC(C)CC(NCc1c(O)ccc2ccccc12)C(=O)O. The van der Waals surface area contributed by atoms with Crippen molar-refractivity contribution in [2.75, 3.05) is 0 Å². The second-order valence-electron chi connectivity index (χ2n) is 5.69. The first-order valence-corrected chi connectivity index (χ1v) is 7.15. The van der Waals surface area contributed by atoms with E-state index in [0.29, 0.717) is 18.9 Å². The number of fused-ring (bicyclic) bond motifs is 1. The van der Waals surface area contributed by atoms with Gasteiger partial charge in [-0.3, -0.25) is 4.79 Å². The fourth-order valence-corrected chi connectivity index (χ4v) is 2.48. The zero-order valence-corrected chi connectivity index (χ0v) is 12.3. The Labute approximate surface area is 124 Å². The van der Waals surface area contributed by atoms with Crippen molar-refractivity contribution in [3.8, 4) is 5.75 Å². The van der Waals surface area contributed by atoms with Gasteiger partial charge >= 0.3 is 5.97 Å². The molecular formula is C17H21NO3. The van der Waals surface area contributed by atoms with E-state index >= 15 is 0 Å². The summed E-state index contributed by atoms with van der Waals surface area (Å²) in [6.07, 6.45) is 0.556. The number of aromatic hydroxyl groups is 1. The summed E-state index contributed by atoms with van der Waals surface area (Å²) in [7, 11) is 0. The second kappa shape index (κ2) is 6.59. The zero-order chi connectivity index (χ0) is 15.4. The zero-order valence-electron chi connectivity index (χ0n) is 12.3. The fraction of sp³-hybridized carbons (Fsp3) is 0.353. The van der Waals surface area contributed by atoms with Gasteiger partial charge in [-0.05, 0) is 29.2 Å². The number of aliphatic carboxylic acids is 1. The molecule has 0 heterocycles. The molecule has 21 heavy (non-hydrogen) atoms. The van der Waals surface area contributed by atoms with E-state index in [9.17, 15) is 15.0 Å². The minimum Gasteiger partial charge on any atom is -0.508 e. The van der Waals surface area contributed by atoms with Gasteiger partial charge in [-0.15, -0.1) is 0 Å². The number of rotatable bonds is 6. The van der Waals surface area contributed by atoms with Crippen molar-refractivity contribution < 1.29 is 15.0 Å². The first-order chi connectivity index (χ1) is 9.99. The topological polar surface area (TPSA) is 69.6 Å². The molecule has 0 amide bonds. The quantitative estimate of drug-likeness (QED) is 0.763. The highest BCUT2D eigenvalue weighted by atomic mass is 16.4. The number of phenols is 1. The number of nitrogens with one attached hydrogen (secondary N) is 1. The van der Waals surface area contributed by atoms with E-state index in [1.807, 2.05) is 44.2 Å². The first-order valence-electron chi connectivity index (χ1n) is 7.15. The molecule has 0 aromatic heterocycles. The van der Waals surface area contributed by atoms with Crippen molar-refractivity contribution in [3.05, 3.63) is 42.0 Å².